The van der Waals surface area contributed by atoms with E-state index < -0.39 is 22.4 Å². The Kier molecular flexibility index (Phi) is 6.72. The molecular weight excluding hydrogens is 351 g/mol. The Hall–Kier alpha value is -1.69. The highest BCUT2D eigenvalue weighted by atomic mass is 32.2. The van der Waals surface area contributed by atoms with Crippen LogP contribution in [0.2, 0.25) is 0 Å². The van der Waals surface area contributed by atoms with Gasteiger partial charge in [0.25, 0.3) is 10.2 Å². The molecule has 0 amide bonds. The Morgan fingerprint density at radius 1 is 1.29 bits per heavy atom. The maximum absolute atomic E-state index is 10.8. The number of hydrogen-bond acceptors (Lipinski definition) is 4. The normalized spacial score (nSPS) is 16.5. The Labute approximate surface area is 137 Å². The first-order valence-electron chi connectivity index (χ1n) is 6.80. The molecule has 1 saturated heterocycles. The van der Waals surface area contributed by atoms with Crippen molar-refractivity contribution in [2.75, 3.05) is 19.6 Å². The van der Waals surface area contributed by atoms with Crippen LogP contribution in [0, 0.1) is 0 Å². The third-order valence-electron chi connectivity index (χ3n) is 3.46. The van der Waals surface area contributed by atoms with Crippen molar-refractivity contribution in [1.29, 1.82) is 0 Å². The van der Waals surface area contributed by atoms with Crippen LogP contribution in [0.1, 0.15) is 12.0 Å². The van der Waals surface area contributed by atoms with Gasteiger partial charge in [-0.2, -0.15) is 21.6 Å². The van der Waals surface area contributed by atoms with E-state index in [4.69, 9.17) is 15.0 Å². The molecule has 0 radical (unpaired) electrons. The van der Waals surface area contributed by atoms with E-state index in [1.54, 1.807) is 0 Å². The predicted molar refractivity (Wildman–Crippen MR) is 80.4 cm³/mol. The van der Waals surface area contributed by atoms with Crippen LogP contribution in [0.3, 0.4) is 0 Å². The maximum atomic E-state index is 10.8. The first-order valence-corrected chi connectivity index (χ1v) is 8.35. The van der Waals surface area contributed by atoms with Crippen molar-refractivity contribution in [1.82, 2.24) is 10.0 Å². The number of carbonyl (C=O) groups is 1. The van der Waals surface area contributed by atoms with Crippen LogP contribution in [0.15, 0.2) is 30.3 Å². The number of nitrogens with two attached hydrogens (primary N) is 1. The lowest BCUT2D eigenvalue weighted by atomic mass is 9.73. The Balaban J connectivity index is 0.000000351. The number of nitrogens with one attached hydrogen (secondary N) is 2. The van der Waals surface area contributed by atoms with Gasteiger partial charge in [0.2, 0.25) is 0 Å². The minimum atomic E-state index is -5.08. The molecule has 5 N–H and O–H groups in total. The summed E-state index contributed by atoms with van der Waals surface area (Å²) in [5, 5.41) is 15.3. The van der Waals surface area contributed by atoms with Gasteiger partial charge in [-0.3, -0.25) is 0 Å². The molecule has 24 heavy (non-hydrogen) atoms. The predicted octanol–water partition coefficient (Wildman–Crippen LogP) is 0.344. The molecule has 0 spiro atoms. The zero-order valence-electron chi connectivity index (χ0n) is 12.5. The SMILES string of the molecule is NS(=O)(=O)NCCC1(c2ccccc2)CNC1.O=C(O)C(F)(F)F. The smallest absolute Gasteiger partial charge is 0.475 e. The van der Waals surface area contributed by atoms with Gasteiger partial charge in [-0.15, -0.1) is 0 Å². The van der Waals surface area contributed by atoms with E-state index >= 15 is 0 Å². The van der Waals surface area contributed by atoms with E-state index in [-0.39, 0.29) is 5.41 Å². The van der Waals surface area contributed by atoms with Gasteiger partial charge in [0.15, 0.2) is 0 Å². The van der Waals surface area contributed by atoms with Crippen molar-refractivity contribution in [2.24, 2.45) is 5.14 Å². The van der Waals surface area contributed by atoms with Crippen LogP contribution in [-0.2, 0) is 20.4 Å². The summed E-state index contributed by atoms with van der Waals surface area (Å²) in [6.07, 6.45) is -4.33. The zero-order chi connectivity index (χ0) is 18.4. The minimum absolute atomic E-state index is 0.0406. The number of carboxylic acid groups (broad SMARTS) is 1. The van der Waals surface area contributed by atoms with E-state index in [0.717, 1.165) is 19.5 Å². The lowest BCUT2D eigenvalue weighted by molar-refractivity contribution is -0.192. The summed E-state index contributed by atoms with van der Waals surface area (Å²) < 4.78 is 55.7. The van der Waals surface area contributed by atoms with Gasteiger partial charge in [0.05, 0.1) is 0 Å². The standard InChI is InChI=1S/C11H17N3O2S.C2HF3O2/c12-17(15,16)14-7-6-11(8-13-9-11)10-4-2-1-3-5-10;3-2(4,5)1(6)7/h1-5,13-14H,6-9H2,(H2,12,15,16);(H,6,7). The summed E-state index contributed by atoms with van der Waals surface area (Å²) in [6, 6.07) is 10.1. The Morgan fingerprint density at radius 3 is 2.12 bits per heavy atom. The fourth-order valence-electron chi connectivity index (χ4n) is 2.18. The van der Waals surface area contributed by atoms with Crippen molar-refractivity contribution < 1.29 is 31.5 Å². The van der Waals surface area contributed by atoms with Crippen LogP contribution in [0.25, 0.3) is 0 Å². The summed E-state index contributed by atoms with van der Waals surface area (Å²) >= 11 is 0. The van der Waals surface area contributed by atoms with E-state index in [1.165, 1.54) is 5.56 Å². The highest BCUT2D eigenvalue weighted by Crippen LogP contribution is 2.31. The molecule has 7 nitrogen and oxygen atoms in total. The van der Waals surface area contributed by atoms with Crippen LogP contribution in [-0.4, -0.2) is 45.3 Å². The number of halogens is 3. The van der Waals surface area contributed by atoms with E-state index in [1.807, 2.05) is 18.2 Å². The van der Waals surface area contributed by atoms with Gasteiger partial charge in [0, 0.05) is 25.0 Å². The molecule has 1 fully saturated rings. The molecule has 0 bridgehead atoms. The second kappa shape index (κ2) is 7.92. The highest BCUT2D eigenvalue weighted by molar-refractivity contribution is 7.87. The molecule has 0 unspecified atom stereocenters. The number of carboxylic acids is 1. The van der Waals surface area contributed by atoms with Crippen molar-refractivity contribution in [2.45, 2.75) is 18.0 Å². The number of rotatable bonds is 5. The Morgan fingerprint density at radius 2 is 1.79 bits per heavy atom. The third-order valence-corrected chi connectivity index (χ3v) is 4.07. The first kappa shape index (κ1) is 20.4. The molecule has 11 heteroatoms. The maximum Gasteiger partial charge on any atom is 0.490 e. The quantitative estimate of drug-likeness (QED) is 0.596. The van der Waals surface area contributed by atoms with Crippen LogP contribution in [0.5, 0.6) is 0 Å². The lowest BCUT2D eigenvalue weighted by Gasteiger charge is -2.43. The summed E-state index contributed by atoms with van der Waals surface area (Å²) in [7, 11) is -3.58. The number of benzene rings is 1. The monoisotopic (exact) mass is 369 g/mol. The molecular formula is C13H18F3N3O4S. The second-order valence-electron chi connectivity index (χ2n) is 5.24. The molecule has 1 aliphatic rings. The highest BCUT2D eigenvalue weighted by Gasteiger charge is 2.38. The van der Waals surface area contributed by atoms with Crippen LogP contribution >= 0.6 is 0 Å². The summed E-state index contributed by atoms with van der Waals surface area (Å²) in [5.74, 6) is -2.76. The van der Waals surface area contributed by atoms with Crippen molar-refractivity contribution in [3.63, 3.8) is 0 Å². The molecule has 1 aromatic carbocycles. The summed E-state index contributed by atoms with van der Waals surface area (Å²) in [5.41, 5.74) is 1.29. The van der Waals surface area contributed by atoms with E-state index in [2.05, 4.69) is 22.2 Å². The topological polar surface area (TPSA) is 122 Å². The Bertz CT molecular complexity index is 646. The fraction of sp³-hybridized carbons (Fsp3) is 0.462. The van der Waals surface area contributed by atoms with Crippen molar-refractivity contribution >= 4 is 16.2 Å². The molecule has 1 aliphatic heterocycles. The van der Waals surface area contributed by atoms with Gasteiger partial charge >= 0.3 is 12.1 Å². The molecule has 0 saturated carbocycles. The van der Waals surface area contributed by atoms with E-state index in [0.29, 0.717) is 6.54 Å². The average Bonchev–Trinajstić information content (AvgIpc) is 2.41. The average molecular weight is 369 g/mol. The largest absolute Gasteiger partial charge is 0.490 e. The zero-order valence-corrected chi connectivity index (χ0v) is 13.3. The molecule has 0 atom stereocenters. The lowest BCUT2D eigenvalue weighted by Crippen LogP contribution is -2.58. The third kappa shape index (κ3) is 6.43. The molecule has 1 aromatic rings. The van der Waals surface area contributed by atoms with Crippen molar-refractivity contribution in [3.8, 4) is 0 Å². The van der Waals surface area contributed by atoms with Gasteiger partial charge in [-0.1, -0.05) is 30.3 Å². The number of hydrogen-bond donors (Lipinski definition) is 4. The summed E-state index contributed by atoms with van der Waals surface area (Å²) in [6.45, 7) is 2.13. The minimum Gasteiger partial charge on any atom is -0.475 e. The van der Waals surface area contributed by atoms with Gasteiger partial charge in [0.1, 0.15) is 0 Å². The van der Waals surface area contributed by atoms with Crippen LogP contribution in [0.4, 0.5) is 13.2 Å². The first-order chi connectivity index (χ1) is 11.0. The van der Waals surface area contributed by atoms with Crippen LogP contribution < -0.4 is 15.2 Å². The van der Waals surface area contributed by atoms with Gasteiger partial charge in [-0.05, 0) is 12.0 Å². The number of alkyl halides is 3. The molecule has 2 rings (SSSR count). The second-order valence-corrected chi connectivity index (χ2v) is 6.62. The molecule has 1 heterocycles. The fourth-order valence-corrected chi connectivity index (χ4v) is 2.56. The molecule has 0 aromatic heterocycles. The van der Waals surface area contributed by atoms with E-state index in [9.17, 15) is 21.6 Å². The molecule has 0 aliphatic carbocycles. The van der Waals surface area contributed by atoms with Gasteiger partial charge < -0.3 is 10.4 Å². The van der Waals surface area contributed by atoms with Gasteiger partial charge in [-0.25, -0.2) is 14.7 Å². The van der Waals surface area contributed by atoms with Crippen molar-refractivity contribution in [3.05, 3.63) is 35.9 Å². The molecule has 136 valence electrons. The number of aliphatic carboxylic acids is 1. The summed E-state index contributed by atoms with van der Waals surface area (Å²) in [4.78, 5) is 8.90.